The van der Waals surface area contributed by atoms with Crippen LogP contribution in [0.15, 0.2) is 0 Å². The summed E-state index contributed by atoms with van der Waals surface area (Å²) in [6, 6.07) is 0. The molecule has 0 fully saturated rings. The van der Waals surface area contributed by atoms with Gasteiger partial charge < -0.3 is 0 Å². The lowest BCUT2D eigenvalue weighted by Gasteiger charge is -1.89. The average Bonchev–Trinajstić information content (AvgIpc) is 2.24. The molecule has 0 amide bonds. The number of hydrogen-bond acceptors (Lipinski definition) is 2. The molecule has 86 valence electrons. The highest BCUT2D eigenvalue weighted by Gasteiger charge is 1.81. The van der Waals surface area contributed by atoms with Crippen LogP contribution in [0.2, 0.25) is 0 Å². The van der Waals surface area contributed by atoms with Crippen LogP contribution in [0.25, 0.3) is 0 Å². The van der Waals surface area contributed by atoms with Gasteiger partial charge in [-0.1, -0.05) is 50.3 Å². The molecule has 0 nitrogen and oxygen atoms in total. The van der Waals surface area contributed by atoms with Crippen LogP contribution in [0.4, 0.5) is 0 Å². The Kier molecular flexibility index (Phi) is 32.1. The predicted molar refractivity (Wildman–Crippen MR) is 92.7 cm³/mol. The lowest BCUT2D eigenvalue weighted by atomic mass is 10.3. The van der Waals surface area contributed by atoms with Crippen molar-refractivity contribution in [2.75, 3.05) is 16.4 Å². The van der Waals surface area contributed by atoms with Crippen LogP contribution >= 0.6 is 71.5 Å². The molecule has 0 heterocycles. The third-order valence-electron chi connectivity index (χ3n) is 0.698. The zero-order chi connectivity index (χ0) is 13.3. The highest BCUT2D eigenvalue weighted by atomic mass is 127. The summed E-state index contributed by atoms with van der Waals surface area (Å²) < 4.78 is 12.4. The first-order valence-electron chi connectivity index (χ1n) is 4.89. The fourth-order valence-electron chi connectivity index (χ4n) is 0. The van der Waals surface area contributed by atoms with Gasteiger partial charge in [-0.15, -0.1) is 23.8 Å². The lowest BCUT2D eigenvalue weighted by molar-refractivity contribution is 0.753. The van der Waals surface area contributed by atoms with Gasteiger partial charge in [0.2, 0.25) is 0 Å². The van der Waals surface area contributed by atoms with Gasteiger partial charge in [0.05, 0.1) is 0 Å². The normalized spacial score (nSPS) is 9.38. The second-order valence-corrected chi connectivity index (χ2v) is 3.84. The van der Waals surface area contributed by atoms with E-state index in [4.69, 9.17) is 1.72 Å². The van der Waals surface area contributed by atoms with Crippen LogP contribution in [0.3, 0.4) is 0 Å². The van der Waals surface area contributed by atoms with E-state index >= 15 is 0 Å². The van der Waals surface area contributed by atoms with E-state index in [2.05, 4.69) is 62.9 Å². The number of rotatable bonds is 3. The van der Waals surface area contributed by atoms with Gasteiger partial charge in [-0.3, -0.25) is 0 Å². The molecule has 0 N–H and O–H groups in total. The molecule has 0 bridgehead atoms. The molecular formula is C9H24I2S2. The van der Waals surface area contributed by atoms with Crippen molar-refractivity contribution >= 4 is 71.5 Å². The van der Waals surface area contributed by atoms with E-state index < -0.39 is 0 Å². The summed E-state index contributed by atoms with van der Waals surface area (Å²) in [4.78, 5) is 1.97. The highest BCUT2D eigenvalue weighted by Crippen LogP contribution is 1.91. The zero-order valence-corrected chi connectivity index (χ0v) is 15.2. The maximum absolute atomic E-state index is 6.65. The first-order valence-corrected chi connectivity index (χ1v) is 7.48. The summed E-state index contributed by atoms with van der Waals surface area (Å²) in [5.74, 6) is 3.38. The highest BCUT2D eigenvalue weighted by molar-refractivity contribution is 14.1. The van der Waals surface area contributed by atoms with Crippen molar-refractivity contribution in [3.05, 3.63) is 0 Å². The Bertz CT molecular complexity index is 77.1. The molecule has 0 aliphatic rings. The summed E-state index contributed by atoms with van der Waals surface area (Å²) in [6.45, 7) is 8.52. The molecule has 0 aromatic rings. The fourth-order valence-corrected chi connectivity index (χ4v) is 0. The minimum atomic E-state index is 0.674. The Balaban J connectivity index is -0.0000000610. The van der Waals surface area contributed by atoms with Gasteiger partial charge in [-0.05, 0) is 28.3 Å². The number of hydrogen-bond donors (Lipinski definition) is 2. The summed E-state index contributed by atoms with van der Waals surface area (Å²) >= 11 is 8.73. The van der Waals surface area contributed by atoms with E-state index in [-0.39, 0.29) is 0 Å². The molecule has 0 spiro atoms. The molecule has 0 radical (unpaired) electrons. The fraction of sp³-hybridized carbons (Fsp3) is 1.00. The van der Waals surface area contributed by atoms with Gasteiger partial charge in [0.25, 0.3) is 0 Å². The van der Waals surface area contributed by atoms with Gasteiger partial charge in [-0.25, -0.2) is 0 Å². The summed E-state index contributed by atoms with van der Waals surface area (Å²) in [7, 11) is 0. The topological polar surface area (TPSA) is 0 Å². The Morgan fingerprint density at radius 3 is 1.54 bits per heavy atom. The van der Waals surface area contributed by atoms with E-state index in [1.165, 1.54) is 23.8 Å². The maximum Gasteiger partial charge on any atom is 0.107 e. The van der Waals surface area contributed by atoms with Gasteiger partial charge >= 0.3 is 0 Å². The molecule has 13 heavy (non-hydrogen) atoms. The molecular weight excluding hydrogens is 426 g/mol. The van der Waals surface area contributed by atoms with Crippen LogP contribution in [0, 0.1) is 11.8 Å². The first-order chi connectivity index (χ1) is 7.04. The molecule has 0 aliphatic heterocycles. The second-order valence-electron chi connectivity index (χ2n) is 3.14. The van der Waals surface area contributed by atoms with Crippen LogP contribution in [-0.2, 0) is 0 Å². The van der Waals surface area contributed by atoms with E-state index in [1.807, 2.05) is 4.93 Å². The van der Waals surface area contributed by atoms with Crippen LogP contribution in [0.5, 0.6) is 0 Å². The third kappa shape index (κ3) is 55.2. The van der Waals surface area contributed by atoms with Crippen LogP contribution in [-0.4, -0.2) is 18.2 Å². The van der Waals surface area contributed by atoms with E-state index in [0.717, 1.165) is 30.0 Å². The van der Waals surface area contributed by atoms with Gasteiger partial charge in [0.1, 0.15) is 1.72 Å². The van der Waals surface area contributed by atoms with E-state index in [1.54, 1.807) is 0 Å². The minimum Gasteiger partial charge on any atom is -0.179 e. The molecule has 0 aromatic carbocycles. The minimum absolute atomic E-state index is 0.674. The van der Waals surface area contributed by atoms with Crippen molar-refractivity contribution in [3.63, 3.8) is 0 Å². The Labute approximate surface area is 128 Å². The molecule has 4 heteroatoms. The Morgan fingerprint density at radius 1 is 1.23 bits per heavy atom. The van der Waals surface area contributed by atoms with Crippen LogP contribution in [0.1, 0.15) is 27.7 Å². The monoisotopic (exact) mass is 453 g/mol. The van der Waals surface area contributed by atoms with Crippen molar-refractivity contribution in [3.8, 4) is 0 Å². The van der Waals surface area contributed by atoms with Gasteiger partial charge in [0, 0.05) is 0 Å². The maximum atomic E-state index is 6.65. The second kappa shape index (κ2) is 23.8. The molecule has 0 aromatic heterocycles. The van der Waals surface area contributed by atoms with Crippen molar-refractivity contribution in [2.45, 2.75) is 27.7 Å². The lowest BCUT2D eigenvalue weighted by Crippen LogP contribution is -1.83. The van der Waals surface area contributed by atoms with Crippen LogP contribution < -0.4 is 0 Å². The smallest absolute Gasteiger partial charge is 0.107 e. The average molecular weight is 453 g/mol. The standard InChI is InChI=1S/2C4H10S.CH3I.HI/c2*1-4(2)3-5;1-2;/h2*4-5H,3H2,1-2H3;1H3;1H/i/hTD. The number of halogens is 2. The summed E-state index contributed by atoms with van der Waals surface area (Å²) in [6.07, 6.45) is 0. The number of alkyl halides is 1. The largest absolute Gasteiger partial charge is 0.179 e. The van der Waals surface area contributed by atoms with Crippen molar-refractivity contribution in [1.29, 1.82) is 1.72 Å². The van der Waals surface area contributed by atoms with E-state index in [0.29, 0.717) is 5.92 Å². The van der Waals surface area contributed by atoms with Crippen molar-refractivity contribution < 1.29 is 0 Å². The summed E-state index contributed by atoms with van der Waals surface area (Å²) in [5, 5.41) is 0. The van der Waals surface area contributed by atoms with Crippen molar-refractivity contribution in [1.82, 2.24) is 0 Å². The first kappa shape index (κ1) is 17.6. The Morgan fingerprint density at radius 2 is 1.54 bits per heavy atom. The quantitative estimate of drug-likeness (QED) is 0.342. The van der Waals surface area contributed by atoms with E-state index in [9.17, 15) is 0 Å². The molecule has 0 saturated carbocycles. The Hall–Kier alpha value is 2.16. The van der Waals surface area contributed by atoms with Crippen molar-refractivity contribution in [2.24, 2.45) is 11.8 Å². The third-order valence-corrected chi connectivity index (χ3v) is 2.10. The molecule has 0 unspecified atom stereocenters. The molecule has 0 rings (SSSR count). The number of thiol groups is 2. The summed E-state index contributed by atoms with van der Waals surface area (Å²) in [5.41, 5.74) is 0. The van der Waals surface area contributed by atoms with Gasteiger partial charge in [-0.2, -0.15) is 25.2 Å². The molecule has 0 aliphatic carbocycles. The molecule has 0 atom stereocenters. The molecule has 0 saturated heterocycles. The van der Waals surface area contributed by atoms with Gasteiger partial charge in [0.15, 0.2) is 0 Å². The predicted octanol–water partition coefficient (Wildman–Crippen LogP) is 4.81. The zero-order valence-electron chi connectivity index (χ0n) is 11.2. The SMILES string of the molecule is CC(C)CS.CI.[2H]I.[3H]SCC(C)C.